The molecule has 0 aliphatic rings. The summed E-state index contributed by atoms with van der Waals surface area (Å²) >= 11 is 3.14. The highest BCUT2D eigenvalue weighted by atomic mass is 35.5. The van der Waals surface area contributed by atoms with Crippen LogP contribution in [0, 0.1) is 5.82 Å². The zero-order chi connectivity index (χ0) is 18.4. The van der Waals surface area contributed by atoms with E-state index in [1.165, 1.54) is 55.9 Å². The van der Waals surface area contributed by atoms with Crippen molar-refractivity contribution in [2.45, 2.75) is 6.54 Å². The minimum absolute atomic E-state index is 0.0387. The summed E-state index contributed by atoms with van der Waals surface area (Å²) < 4.78 is 41.4. The van der Waals surface area contributed by atoms with Gasteiger partial charge in [0.15, 0.2) is 0 Å². The molecule has 2 aromatic rings. The second kappa shape index (κ2) is 8.70. The van der Waals surface area contributed by atoms with Gasteiger partial charge in [-0.2, -0.15) is 0 Å². The zero-order valence-electron chi connectivity index (χ0n) is 13.0. The maximum absolute atomic E-state index is 13.1. The summed E-state index contributed by atoms with van der Waals surface area (Å²) in [4.78, 5) is 15.4. The molecule has 1 atom stereocenters. The highest BCUT2D eigenvalue weighted by molar-refractivity contribution is 7.76. The summed E-state index contributed by atoms with van der Waals surface area (Å²) in [6.45, 7) is -0.0387. The van der Waals surface area contributed by atoms with Gasteiger partial charge < -0.3 is 13.6 Å². The predicted octanol–water partition coefficient (Wildman–Crippen LogP) is 2.93. The molecule has 0 bridgehead atoms. The van der Waals surface area contributed by atoms with Gasteiger partial charge in [0, 0.05) is 23.7 Å². The summed E-state index contributed by atoms with van der Waals surface area (Å²) in [6.07, 6.45) is 4.09. The van der Waals surface area contributed by atoms with Gasteiger partial charge in [0.25, 0.3) is 0 Å². The smallest absolute Gasteiger partial charge is 0.339 e. The molecular formula is C16H13ClFN2O4S-. The summed E-state index contributed by atoms with van der Waals surface area (Å²) in [7, 11) is 1.26. The Balaban J connectivity index is 2.12. The van der Waals surface area contributed by atoms with Crippen molar-refractivity contribution >= 4 is 34.9 Å². The van der Waals surface area contributed by atoms with Gasteiger partial charge in [-0.15, -0.1) is 0 Å². The molecule has 0 amide bonds. The number of rotatable bonds is 6. The molecule has 0 aliphatic carbocycles. The lowest BCUT2D eigenvalue weighted by Gasteiger charge is -2.22. The Bertz CT molecular complexity index is 814. The first-order valence-corrected chi connectivity index (χ1v) is 8.34. The third kappa shape index (κ3) is 5.35. The number of aromatic nitrogens is 1. The Morgan fingerprint density at radius 2 is 2.20 bits per heavy atom. The van der Waals surface area contributed by atoms with Gasteiger partial charge in [0.2, 0.25) is 0 Å². The highest BCUT2D eigenvalue weighted by Crippen LogP contribution is 2.17. The minimum Gasteiger partial charge on any atom is -0.755 e. The molecule has 6 nitrogen and oxygen atoms in total. The van der Waals surface area contributed by atoms with E-state index in [0.717, 1.165) is 4.31 Å². The number of benzene rings is 1. The molecule has 9 heteroatoms. The van der Waals surface area contributed by atoms with Crippen LogP contribution in [0.3, 0.4) is 0 Å². The SMILES string of the molecule is COC(=O)c1ccc(CN(C=Cc2ccc(F)c(Cl)c2)S(=O)[O-])nc1. The third-order valence-corrected chi connectivity index (χ3v) is 4.06. The van der Waals surface area contributed by atoms with E-state index in [0.29, 0.717) is 11.3 Å². The number of hydrogen-bond acceptors (Lipinski definition) is 5. The minimum atomic E-state index is -2.55. The van der Waals surface area contributed by atoms with E-state index in [1.54, 1.807) is 0 Å². The van der Waals surface area contributed by atoms with E-state index in [2.05, 4.69) is 9.72 Å². The van der Waals surface area contributed by atoms with E-state index >= 15 is 0 Å². The van der Waals surface area contributed by atoms with Crippen LogP contribution < -0.4 is 0 Å². The number of halogens is 2. The van der Waals surface area contributed by atoms with Crippen molar-refractivity contribution in [3.05, 3.63) is 70.4 Å². The summed E-state index contributed by atoms with van der Waals surface area (Å²) in [5.74, 6) is -1.09. The summed E-state index contributed by atoms with van der Waals surface area (Å²) in [6, 6.07) is 7.04. The summed E-state index contributed by atoms with van der Waals surface area (Å²) in [5, 5.41) is -0.0583. The van der Waals surface area contributed by atoms with Crippen LogP contribution in [-0.2, 0) is 22.5 Å². The van der Waals surface area contributed by atoms with Gasteiger partial charge in [0.1, 0.15) is 5.82 Å². The van der Waals surface area contributed by atoms with Crippen molar-refractivity contribution in [1.82, 2.24) is 9.29 Å². The fourth-order valence-electron chi connectivity index (χ4n) is 1.86. The Kier molecular flexibility index (Phi) is 6.63. The van der Waals surface area contributed by atoms with Crippen LogP contribution in [0.25, 0.3) is 6.08 Å². The molecule has 0 spiro atoms. The van der Waals surface area contributed by atoms with Crippen LogP contribution in [0.2, 0.25) is 5.02 Å². The van der Waals surface area contributed by atoms with E-state index < -0.39 is 23.1 Å². The molecule has 1 aromatic heterocycles. The van der Waals surface area contributed by atoms with E-state index in [4.69, 9.17) is 11.6 Å². The van der Waals surface area contributed by atoms with Gasteiger partial charge in [-0.1, -0.05) is 17.7 Å². The quantitative estimate of drug-likeness (QED) is 0.565. The molecule has 1 unspecified atom stereocenters. The van der Waals surface area contributed by atoms with Crippen LogP contribution in [-0.4, -0.2) is 31.1 Å². The number of methoxy groups -OCH3 is 1. The van der Waals surface area contributed by atoms with Gasteiger partial charge in [-0.3, -0.25) is 9.19 Å². The maximum atomic E-state index is 13.1. The van der Waals surface area contributed by atoms with E-state index in [-0.39, 0.29) is 17.1 Å². The number of ether oxygens (including phenoxy) is 1. The number of esters is 1. The molecule has 0 aliphatic heterocycles. The Labute approximate surface area is 151 Å². The number of pyridine rings is 1. The molecule has 25 heavy (non-hydrogen) atoms. The van der Waals surface area contributed by atoms with E-state index in [9.17, 15) is 17.9 Å². The topological polar surface area (TPSA) is 82.6 Å². The van der Waals surface area contributed by atoms with Crippen molar-refractivity contribution in [2.24, 2.45) is 0 Å². The molecule has 0 saturated carbocycles. The lowest BCUT2D eigenvalue weighted by Crippen LogP contribution is -2.19. The van der Waals surface area contributed by atoms with Crippen molar-refractivity contribution < 1.29 is 22.7 Å². The molecule has 0 fully saturated rings. The molecule has 2 rings (SSSR count). The first-order chi connectivity index (χ1) is 11.9. The highest BCUT2D eigenvalue weighted by Gasteiger charge is 2.08. The van der Waals surface area contributed by atoms with Crippen LogP contribution in [0.5, 0.6) is 0 Å². The van der Waals surface area contributed by atoms with E-state index in [1.807, 2.05) is 0 Å². The van der Waals surface area contributed by atoms with Crippen LogP contribution >= 0.6 is 11.6 Å². The predicted molar refractivity (Wildman–Crippen MR) is 90.5 cm³/mol. The number of nitrogens with zero attached hydrogens (tertiary/aromatic N) is 2. The van der Waals surface area contributed by atoms with Gasteiger partial charge in [-0.05, 0) is 35.9 Å². The molecule has 1 aromatic carbocycles. The van der Waals surface area contributed by atoms with Crippen LogP contribution in [0.4, 0.5) is 4.39 Å². The summed E-state index contributed by atoms with van der Waals surface area (Å²) in [5.41, 5.74) is 1.23. The normalized spacial score (nSPS) is 12.2. The monoisotopic (exact) mass is 383 g/mol. The van der Waals surface area contributed by atoms with Crippen molar-refractivity contribution in [1.29, 1.82) is 0 Å². The maximum Gasteiger partial charge on any atom is 0.339 e. The lowest BCUT2D eigenvalue weighted by molar-refractivity contribution is 0.0600. The van der Waals surface area contributed by atoms with Gasteiger partial charge in [0.05, 0.1) is 29.9 Å². The largest absolute Gasteiger partial charge is 0.755 e. The van der Waals surface area contributed by atoms with Crippen molar-refractivity contribution in [3.8, 4) is 0 Å². The molecule has 0 radical (unpaired) electrons. The van der Waals surface area contributed by atoms with Crippen LogP contribution in [0.15, 0.2) is 42.7 Å². The number of carbonyl (C=O) groups excluding carboxylic acids is 1. The Morgan fingerprint density at radius 3 is 2.76 bits per heavy atom. The molecule has 0 saturated heterocycles. The van der Waals surface area contributed by atoms with Crippen LogP contribution in [0.1, 0.15) is 21.6 Å². The average molecular weight is 384 g/mol. The van der Waals surface area contributed by atoms with Crippen molar-refractivity contribution in [3.63, 3.8) is 0 Å². The number of hydrogen-bond donors (Lipinski definition) is 0. The Hall–Kier alpha value is -2.29. The first-order valence-electron chi connectivity index (χ1n) is 6.93. The van der Waals surface area contributed by atoms with Gasteiger partial charge in [-0.25, -0.2) is 9.18 Å². The fourth-order valence-corrected chi connectivity index (χ4v) is 2.44. The second-order valence-corrected chi connectivity index (χ2v) is 6.12. The Morgan fingerprint density at radius 1 is 1.44 bits per heavy atom. The molecular weight excluding hydrogens is 371 g/mol. The number of carbonyl (C=O) groups is 1. The molecule has 1 heterocycles. The average Bonchev–Trinajstić information content (AvgIpc) is 2.61. The first kappa shape index (κ1) is 19.0. The van der Waals surface area contributed by atoms with Crippen molar-refractivity contribution in [2.75, 3.05) is 7.11 Å². The second-order valence-electron chi connectivity index (χ2n) is 4.81. The molecule has 0 N–H and O–H groups in total. The van der Waals surface area contributed by atoms with Gasteiger partial charge >= 0.3 is 5.97 Å². The lowest BCUT2D eigenvalue weighted by atomic mass is 10.2. The fraction of sp³-hybridized carbons (Fsp3) is 0.125. The third-order valence-electron chi connectivity index (χ3n) is 3.13. The molecule has 132 valence electrons. The standard InChI is InChI=1S/C16H14ClFN2O4S/c1-24-16(21)12-3-4-13(19-9-12)10-20(25(22)23)7-6-11-2-5-15(18)14(17)8-11/h2-9H,10H2,1H3,(H,22,23)/p-1. The zero-order valence-corrected chi connectivity index (χ0v) is 14.6.